The van der Waals surface area contributed by atoms with Crippen molar-refractivity contribution in [2.24, 2.45) is 5.92 Å². The van der Waals surface area contributed by atoms with Crippen molar-refractivity contribution in [3.63, 3.8) is 0 Å². The van der Waals surface area contributed by atoms with Crippen molar-refractivity contribution in [2.75, 3.05) is 18.5 Å². The van der Waals surface area contributed by atoms with Crippen molar-refractivity contribution in [1.29, 1.82) is 0 Å². The van der Waals surface area contributed by atoms with Gasteiger partial charge in [0, 0.05) is 18.9 Å². The van der Waals surface area contributed by atoms with Crippen LogP contribution in [0.15, 0.2) is 42.5 Å². The second-order valence-corrected chi connectivity index (χ2v) is 9.19. The third-order valence-electron chi connectivity index (χ3n) is 6.14. The van der Waals surface area contributed by atoms with Gasteiger partial charge in [0.1, 0.15) is 18.5 Å². The van der Waals surface area contributed by atoms with Gasteiger partial charge < -0.3 is 21.3 Å². The standard InChI is InChI=1S/C26H24F6N4O6/c27-15-6-5-13(9-17(15)29)10-20(36-25(41)24(40)34-18-4-2-1-3-16(18)28)23(39)35-19(11-14-7-8-33-22(14)38)21(37)12-42-26(30,31)32/h1-6,9,14,19-20H,7-8,10-12H2,(H,33,38)(H,34,40)(H,35,39)(H,36,41)/t14-,19-,20-/m0/s1. The van der Waals surface area contributed by atoms with Crippen LogP contribution in [-0.4, -0.2) is 61.0 Å². The van der Waals surface area contributed by atoms with E-state index in [0.29, 0.717) is 6.07 Å². The maximum absolute atomic E-state index is 13.9. The number of ketones is 1. The van der Waals surface area contributed by atoms with Gasteiger partial charge in [0.05, 0.1) is 11.7 Å². The third kappa shape index (κ3) is 9.29. The van der Waals surface area contributed by atoms with Crippen LogP contribution in [0.4, 0.5) is 32.0 Å². The molecule has 3 atom stereocenters. The van der Waals surface area contributed by atoms with Gasteiger partial charge in [-0.1, -0.05) is 18.2 Å². The van der Waals surface area contributed by atoms with Crippen LogP contribution in [0.25, 0.3) is 0 Å². The summed E-state index contributed by atoms with van der Waals surface area (Å²) in [5.74, 6) is -10.1. The molecule has 0 unspecified atom stereocenters. The van der Waals surface area contributed by atoms with Crippen molar-refractivity contribution in [3.8, 4) is 0 Å². The van der Waals surface area contributed by atoms with Crippen molar-refractivity contribution >= 4 is 35.1 Å². The van der Waals surface area contributed by atoms with Crippen LogP contribution in [0.2, 0.25) is 0 Å². The molecule has 1 saturated heterocycles. The minimum Gasteiger partial charge on any atom is -0.356 e. The van der Waals surface area contributed by atoms with Crippen molar-refractivity contribution in [1.82, 2.24) is 16.0 Å². The Hall–Kier alpha value is -4.47. The van der Waals surface area contributed by atoms with E-state index in [1.807, 2.05) is 10.6 Å². The predicted octanol–water partition coefficient (Wildman–Crippen LogP) is 1.89. The summed E-state index contributed by atoms with van der Waals surface area (Å²) in [4.78, 5) is 62.9. The number of hydrogen-bond acceptors (Lipinski definition) is 6. The molecule has 1 fully saturated rings. The first-order valence-corrected chi connectivity index (χ1v) is 12.3. The highest BCUT2D eigenvalue weighted by molar-refractivity contribution is 6.40. The summed E-state index contributed by atoms with van der Waals surface area (Å²) >= 11 is 0. The number of para-hydroxylation sites is 1. The second-order valence-electron chi connectivity index (χ2n) is 9.19. The lowest BCUT2D eigenvalue weighted by molar-refractivity contribution is -0.321. The summed E-state index contributed by atoms with van der Waals surface area (Å²) < 4.78 is 82.3. The normalized spacial score (nSPS) is 16.2. The third-order valence-corrected chi connectivity index (χ3v) is 6.14. The fraction of sp³-hybridized carbons (Fsp3) is 0.346. The highest BCUT2D eigenvalue weighted by Gasteiger charge is 2.36. The quantitative estimate of drug-likeness (QED) is 0.229. The van der Waals surface area contributed by atoms with Gasteiger partial charge in [0.25, 0.3) is 0 Å². The molecule has 1 aliphatic rings. The molecule has 226 valence electrons. The molecular formula is C26H24F6N4O6. The van der Waals surface area contributed by atoms with Gasteiger partial charge in [-0.3, -0.25) is 28.7 Å². The molecule has 0 radical (unpaired) electrons. The molecule has 0 bridgehead atoms. The summed E-state index contributed by atoms with van der Waals surface area (Å²) in [5, 5.41) is 8.67. The number of rotatable bonds is 11. The Morgan fingerprint density at radius 1 is 0.929 bits per heavy atom. The van der Waals surface area contributed by atoms with E-state index in [2.05, 4.69) is 15.4 Å². The number of amides is 4. The lowest BCUT2D eigenvalue weighted by atomic mass is 9.95. The Morgan fingerprint density at radius 3 is 2.26 bits per heavy atom. The van der Waals surface area contributed by atoms with Gasteiger partial charge in [-0.15, -0.1) is 13.2 Å². The lowest BCUT2D eigenvalue weighted by Gasteiger charge is -2.24. The Morgan fingerprint density at radius 2 is 1.64 bits per heavy atom. The molecule has 2 aromatic rings. The number of ether oxygens (including phenoxy) is 1. The van der Waals surface area contributed by atoms with E-state index in [1.54, 1.807) is 0 Å². The molecule has 3 rings (SSSR count). The Bertz CT molecular complexity index is 1350. The summed E-state index contributed by atoms with van der Waals surface area (Å²) in [6.45, 7) is -1.28. The topological polar surface area (TPSA) is 143 Å². The van der Waals surface area contributed by atoms with E-state index in [0.717, 1.165) is 24.3 Å². The molecule has 4 amide bonds. The lowest BCUT2D eigenvalue weighted by Crippen LogP contribution is -2.55. The molecule has 0 aliphatic carbocycles. The maximum atomic E-state index is 13.9. The number of halogens is 6. The molecular weight excluding hydrogens is 578 g/mol. The van der Waals surface area contributed by atoms with Crippen molar-refractivity contribution in [2.45, 2.75) is 37.7 Å². The first-order chi connectivity index (χ1) is 19.7. The zero-order chi connectivity index (χ0) is 31.0. The fourth-order valence-electron chi connectivity index (χ4n) is 4.03. The van der Waals surface area contributed by atoms with Crippen LogP contribution in [0.5, 0.6) is 0 Å². The van der Waals surface area contributed by atoms with Crippen LogP contribution < -0.4 is 21.3 Å². The van der Waals surface area contributed by atoms with Gasteiger partial charge in [0.15, 0.2) is 17.4 Å². The van der Waals surface area contributed by atoms with Gasteiger partial charge in [-0.2, -0.15) is 0 Å². The SMILES string of the molecule is O=C(Nc1ccccc1F)C(=O)N[C@@H](Cc1ccc(F)c(F)c1)C(=O)N[C@@H](C[C@@H]1CCNC1=O)C(=O)COC(F)(F)F. The van der Waals surface area contributed by atoms with Gasteiger partial charge in [0.2, 0.25) is 11.8 Å². The number of carbonyl (C=O) groups is 5. The number of carbonyl (C=O) groups excluding carboxylic acids is 5. The zero-order valence-electron chi connectivity index (χ0n) is 21.5. The zero-order valence-corrected chi connectivity index (χ0v) is 21.5. The number of benzene rings is 2. The Kier molecular flexibility index (Phi) is 10.6. The summed E-state index contributed by atoms with van der Waals surface area (Å²) in [7, 11) is 0. The number of anilines is 1. The molecule has 2 aromatic carbocycles. The van der Waals surface area contributed by atoms with Gasteiger partial charge in [-0.05, 0) is 42.7 Å². The highest BCUT2D eigenvalue weighted by Crippen LogP contribution is 2.20. The molecule has 1 heterocycles. The first kappa shape index (κ1) is 32.0. The van der Waals surface area contributed by atoms with E-state index in [4.69, 9.17) is 0 Å². The molecule has 0 saturated carbocycles. The molecule has 0 spiro atoms. The molecule has 1 aliphatic heterocycles. The van der Waals surface area contributed by atoms with Crippen molar-refractivity contribution < 1.29 is 55.1 Å². The Labute approximate surface area is 234 Å². The number of alkyl halides is 3. The van der Waals surface area contributed by atoms with E-state index >= 15 is 0 Å². The van der Waals surface area contributed by atoms with E-state index < -0.39 is 90.7 Å². The molecule has 10 nitrogen and oxygen atoms in total. The molecule has 4 N–H and O–H groups in total. The maximum Gasteiger partial charge on any atom is 0.522 e. The fourth-order valence-corrected chi connectivity index (χ4v) is 4.03. The summed E-state index contributed by atoms with van der Waals surface area (Å²) in [6.07, 6.45) is -5.96. The number of nitrogens with one attached hydrogen (secondary N) is 4. The summed E-state index contributed by atoms with van der Waals surface area (Å²) in [6, 6.07) is 3.83. The van der Waals surface area contributed by atoms with E-state index in [-0.39, 0.29) is 24.2 Å². The highest BCUT2D eigenvalue weighted by atomic mass is 19.4. The number of Topliss-reactive ketones (excluding diaryl/α,β-unsaturated/α-hetero) is 1. The average molecular weight is 602 g/mol. The second kappa shape index (κ2) is 13.9. The Balaban J connectivity index is 1.82. The van der Waals surface area contributed by atoms with Crippen LogP contribution in [0.1, 0.15) is 18.4 Å². The summed E-state index contributed by atoms with van der Waals surface area (Å²) in [5.41, 5.74) is -0.424. The van der Waals surface area contributed by atoms with Crippen LogP contribution >= 0.6 is 0 Å². The van der Waals surface area contributed by atoms with Crippen LogP contribution in [0.3, 0.4) is 0 Å². The smallest absolute Gasteiger partial charge is 0.356 e. The molecule has 0 aromatic heterocycles. The van der Waals surface area contributed by atoms with Crippen molar-refractivity contribution in [3.05, 3.63) is 65.5 Å². The first-order valence-electron chi connectivity index (χ1n) is 12.3. The van der Waals surface area contributed by atoms with E-state index in [1.165, 1.54) is 12.1 Å². The number of hydrogen-bond donors (Lipinski definition) is 4. The predicted molar refractivity (Wildman–Crippen MR) is 132 cm³/mol. The molecule has 42 heavy (non-hydrogen) atoms. The van der Waals surface area contributed by atoms with E-state index in [9.17, 15) is 50.3 Å². The van der Waals surface area contributed by atoms with Gasteiger partial charge in [-0.25, -0.2) is 13.2 Å². The van der Waals surface area contributed by atoms with Gasteiger partial charge >= 0.3 is 18.2 Å². The van der Waals surface area contributed by atoms with Crippen LogP contribution in [0, 0.1) is 23.4 Å². The monoisotopic (exact) mass is 602 g/mol. The van der Waals surface area contributed by atoms with Crippen LogP contribution in [-0.2, 0) is 35.1 Å². The minimum atomic E-state index is -5.18. The largest absolute Gasteiger partial charge is 0.522 e. The average Bonchev–Trinajstić information content (AvgIpc) is 3.33. The minimum absolute atomic E-state index is 0.0534. The molecule has 16 heteroatoms.